The summed E-state index contributed by atoms with van der Waals surface area (Å²) in [6, 6.07) is 6.81. The smallest absolute Gasteiger partial charge is 0.123 e. The summed E-state index contributed by atoms with van der Waals surface area (Å²) in [6.07, 6.45) is 2.58. The summed E-state index contributed by atoms with van der Waals surface area (Å²) in [5.74, 6) is 0.927. The Morgan fingerprint density at radius 3 is 2.75 bits per heavy atom. The van der Waals surface area contributed by atoms with Crippen LogP contribution in [-0.4, -0.2) is 39.6 Å². The minimum absolute atomic E-state index is 0.557. The molecule has 0 radical (unpaired) electrons. The molecule has 1 N–H and O–H groups in total. The maximum Gasteiger partial charge on any atom is 0.123 e. The highest BCUT2D eigenvalue weighted by Gasteiger charge is 2.20. The molecule has 112 valence electrons. The normalized spacial score (nSPS) is 14.5. The lowest BCUT2D eigenvalue weighted by atomic mass is 10.2. The Hall–Kier alpha value is -0.620. The van der Waals surface area contributed by atoms with E-state index in [9.17, 15) is 0 Å². The topological polar surface area (TPSA) is 39.7 Å². The van der Waals surface area contributed by atoms with Crippen LogP contribution in [0, 0.1) is 0 Å². The molecule has 0 aromatic heterocycles. The number of hydrogen-bond acceptors (Lipinski definition) is 4. The van der Waals surface area contributed by atoms with Gasteiger partial charge >= 0.3 is 0 Å². The van der Waals surface area contributed by atoms with Gasteiger partial charge in [0.1, 0.15) is 12.4 Å². The van der Waals surface area contributed by atoms with Crippen LogP contribution in [0.1, 0.15) is 18.4 Å². The van der Waals surface area contributed by atoms with Crippen LogP contribution in [-0.2, 0) is 16.0 Å². The fraction of sp³-hybridized carbons (Fsp3) is 0.600. The zero-order chi connectivity index (χ0) is 14.2. The van der Waals surface area contributed by atoms with Gasteiger partial charge < -0.3 is 19.5 Å². The Morgan fingerprint density at radius 1 is 1.20 bits per heavy atom. The summed E-state index contributed by atoms with van der Waals surface area (Å²) in [6.45, 7) is 3.21. The summed E-state index contributed by atoms with van der Waals surface area (Å²) < 4.78 is 17.2. The molecule has 1 aliphatic carbocycles. The Labute approximate surface area is 128 Å². The third kappa shape index (κ3) is 5.79. The van der Waals surface area contributed by atoms with Crippen LogP contribution in [0.5, 0.6) is 5.75 Å². The number of methoxy groups -OCH3 is 1. The first-order valence-corrected chi connectivity index (χ1v) is 7.80. The van der Waals surface area contributed by atoms with Crippen molar-refractivity contribution in [2.24, 2.45) is 0 Å². The summed E-state index contributed by atoms with van der Waals surface area (Å²) in [5.41, 5.74) is 1.18. The fourth-order valence-corrected chi connectivity index (χ4v) is 2.23. The third-order valence-corrected chi connectivity index (χ3v) is 3.59. The van der Waals surface area contributed by atoms with Crippen molar-refractivity contribution >= 4 is 15.9 Å². The minimum atomic E-state index is 0.557. The molecule has 0 aliphatic heterocycles. The highest BCUT2D eigenvalue weighted by molar-refractivity contribution is 9.10. The molecule has 0 saturated heterocycles. The van der Waals surface area contributed by atoms with Crippen LogP contribution >= 0.6 is 15.9 Å². The van der Waals surface area contributed by atoms with Gasteiger partial charge in [-0.25, -0.2) is 0 Å². The molecule has 0 unspecified atom stereocenters. The Morgan fingerprint density at radius 2 is 2.00 bits per heavy atom. The number of benzene rings is 1. The molecule has 1 saturated carbocycles. The number of ether oxygens (including phenoxy) is 3. The van der Waals surface area contributed by atoms with E-state index in [-0.39, 0.29) is 0 Å². The molecule has 0 spiro atoms. The summed E-state index contributed by atoms with van der Waals surface area (Å²) in [5, 5.41) is 3.51. The Bertz CT molecular complexity index is 410. The second-order valence-corrected chi connectivity index (χ2v) is 5.78. The first-order chi connectivity index (χ1) is 9.79. The van der Waals surface area contributed by atoms with Crippen LogP contribution < -0.4 is 10.1 Å². The molecule has 1 aliphatic rings. The number of hydrogen-bond donors (Lipinski definition) is 1. The van der Waals surface area contributed by atoms with E-state index in [2.05, 4.69) is 27.3 Å². The van der Waals surface area contributed by atoms with E-state index in [1.54, 1.807) is 7.11 Å². The van der Waals surface area contributed by atoms with Crippen molar-refractivity contribution < 1.29 is 14.2 Å². The van der Waals surface area contributed by atoms with E-state index < -0.39 is 0 Å². The fourth-order valence-electron chi connectivity index (χ4n) is 1.82. The van der Waals surface area contributed by atoms with Crippen molar-refractivity contribution in [3.8, 4) is 5.75 Å². The van der Waals surface area contributed by atoms with E-state index in [0.717, 1.165) is 16.8 Å². The predicted octanol–water partition coefficient (Wildman–Crippen LogP) is 2.74. The molecule has 0 amide bonds. The van der Waals surface area contributed by atoms with Crippen LogP contribution in [0.2, 0.25) is 0 Å². The van der Waals surface area contributed by atoms with Crippen molar-refractivity contribution in [2.45, 2.75) is 25.4 Å². The van der Waals surface area contributed by atoms with Crippen LogP contribution in [0.3, 0.4) is 0 Å². The van der Waals surface area contributed by atoms with Gasteiger partial charge in [0.05, 0.1) is 19.8 Å². The second-order valence-electron chi connectivity index (χ2n) is 4.86. The molecule has 2 rings (SSSR count). The standard InChI is InChI=1S/C15H22BrNO3/c1-18-6-7-19-8-9-20-15-5-2-13(16)10-12(15)11-17-14-3-4-14/h2,5,10,14,17H,3-4,6-9,11H2,1H3. The van der Waals surface area contributed by atoms with Crippen LogP contribution in [0.4, 0.5) is 0 Å². The lowest BCUT2D eigenvalue weighted by molar-refractivity contribution is 0.0542. The van der Waals surface area contributed by atoms with Gasteiger partial charge in [-0.1, -0.05) is 15.9 Å². The van der Waals surface area contributed by atoms with Gasteiger partial charge in [0.25, 0.3) is 0 Å². The molecule has 4 nitrogen and oxygen atoms in total. The van der Waals surface area contributed by atoms with E-state index >= 15 is 0 Å². The van der Waals surface area contributed by atoms with Gasteiger partial charge in [-0.15, -0.1) is 0 Å². The van der Waals surface area contributed by atoms with E-state index in [1.165, 1.54) is 18.4 Å². The van der Waals surface area contributed by atoms with Gasteiger partial charge in [-0.3, -0.25) is 0 Å². The SMILES string of the molecule is COCCOCCOc1ccc(Br)cc1CNC1CC1. The predicted molar refractivity (Wildman–Crippen MR) is 82.2 cm³/mol. The summed E-state index contributed by atoms with van der Waals surface area (Å²) in [7, 11) is 1.67. The van der Waals surface area contributed by atoms with E-state index in [4.69, 9.17) is 14.2 Å². The highest BCUT2D eigenvalue weighted by atomic mass is 79.9. The van der Waals surface area contributed by atoms with Gasteiger partial charge in [0.15, 0.2) is 0 Å². The first kappa shape index (κ1) is 15.8. The molecule has 1 fully saturated rings. The molecule has 0 heterocycles. The molecular formula is C15H22BrNO3. The van der Waals surface area contributed by atoms with Gasteiger partial charge in [-0.05, 0) is 31.0 Å². The maximum atomic E-state index is 5.80. The second kappa shape index (κ2) is 8.62. The minimum Gasteiger partial charge on any atom is -0.491 e. The van der Waals surface area contributed by atoms with Crippen LogP contribution in [0.25, 0.3) is 0 Å². The van der Waals surface area contributed by atoms with Gasteiger partial charge in [0.2, 0.25) is 0 Å². The number of halogens is 1. The average molecular weight is 344 g/mol. The largest absolute Gasteiger partial charge is 0.491 e. The summed E-state index contributed by atoms with van der Waals surface area (Å²) >= 11 is 3.51. The molecule has 0 atom stereocenters. The number of nitrogens with one attached hydrogen (secondary N) is 1. The quantitative estimate of drug-likeness (QED) is 0.663. The molecule has 1 aromatic carbocycles. The Kier molecular flexibility index (Phi) is 6.79. The zero-order valence-electron chi connectivity index (χ0n) is 11.9. The molecule has 1 aromatic rings. The maximum absolute atomic E-state index is 5.80. The molecular weight excluding hydrogens is 322 g/mol. The zero-order valence-corrected chi connectivity index (χ0v) is 13.4. The lowest BCUT2D eigenvalue weighted by Crippen LogP contribution is -2.17. The van der Waals surface area contributed by atoms with Crippen molar-refractivity contribution in [1.29, 1.82) is 0 Å². The van der Waals surface area contributed by atoms with Crippen molar-refractivity contribution in [3.05, 3.63) is 28.2 Å². The molecule has 0 bridgehead atoms. The highest BCUT2D eigenvalue weighted by Crippen LogP contribution is 2.25. The van der Waals surface area contributed by atoms with E-state index in [0.29, 0.717) is 32.5 Å². The average Bonchev–Trinajstić information content (AvgIpc) is 3.26. The van der Waals surface area contributed by atoms with Crippen LogP contribution in [0.15, 0.2) is 22.7 Å². The molecule has 20 heavy (non-hydrogen) atoms. The monoisotopic (exact) mass is 343 g/mol. The summed E-state index contributed by atoms with van der Waals surface area (Å²) in [4.78, 5) is 0. The van der Waals surface area contributed by atoms with Crippen molar-refractivity contribution in [2.75, 3.05) is 33.5 Å². The third-order valence-electron chi connectivity index (χ3n) is 3.10. The number of rotatable bonds is 10. The van der Waals surface area contributed by atoms with Crippen molar-refractivity contribution in [3.63, 3.8) is 0 Å². The molecule has 5 heteroatoms. The Balaban J connectivity index is 1.76. The van der Waals surface area contributed by atoms with Gasteiger partial charge in [-0.2, -0.15) is 0 Å². The van der Waals surface area contributed by atoms with Gasteiger partial charge in [0, 0.05) is 29.7 Å². The first-order valence-electron chi connectivity index (χ1n) is 7.01. The van der Waals surface area contributed by atoms with E-state index in [1.807, 2.05) is 12.1 Å². The lowest BCUT2D eigenvalue weighted by Gasteiger charge is -2.13. The van der Waals surface area contributed by atoms with Crippen molar-refractivity contribution in [1.82, 2.24) is 5.32 Å².